The molecule has 40 heteroatoms. The lowest BCUT2D eigenvalue weighted by atomic mass is 10.2. The maximum Gasteiger partial charge on any atom is 0.297 e. The largest absolute Gasteiger partial charge is 0.297 e. The summed E-state index contributed by atoms with van der Waals surface area (Å²) in [5.41, 5.74) is 8.63. The van der Waals surface area contributed by atoms with Crippen LogP contribution in [0.4, 0.5) is 0 Å². The molecule has 10 aromatic carbocycles. The van der Waals surface area contributed by atoms with E-state index in [0.29, 0.717) is 0 Å². The number of rotatable bonds is 32. The van der Waals surface area contributed by atoms with Crippen molar-refractivity contribution in [2.24, 2.45) is 0 Å². The number of nitrogens with one attached hydrogen (secondary N) is 2. The zero-order valence-corrected chi connectivity index (χ0v) is 79.3. The van der Waals surface area contributed by atoms with E-state index in [1.54, 1.807) is 121 Å². The third-order valence-electron chi connectivity index (χ3n) is 20.1. The Morgan fingerprint density at radius 2 is 0.386 bits per heavy atom. The van der Waals surface area contributed by atoms with Crippen molar-refractivity contribution in [3.8, 4) is 0 Å². The van der Waals surface area contributed by atoms with E-state index in [9.17, 15) is 84.2 Å². The van der Waals surface area contributed by atoms with Crippen LogP contribution >= 0.6 is 0 Å². The van der Waals surface area contributed by atoms with Crippen LogP contribution in [-0.2, 0) is 109 Å². The molecule has 10 aromatic rings. The van der Waals surface area contributed by atoms with Crippen LogP contribution in [0.3, 0.4) is 0 Å². The third kappa shape index (κ3) is 28.2. The minimum atomic E-state index is -4.24. The first kappa shape index (κ1) is 104. The molecule has 127 heavy (non-hydrogen) atoms. The predicted molar refractivity (Wildman–Crippen MR) is 488 cm³/mol. The van der Waals surface area contributed by atoms with Crippen molar-refractivity contribution in [1.29, 1.82) is 0 Å². The van der Waals surface area contributed by atoms with E-state index in [-0.39, 0.29) is 148 Å². The Labute approximate surface area is 750 Å². The molecule has 688 valence electrons. The number of aryl methyl sites for hydroxylation is 10. The summed E-state index contributed by atoms with van der Waals surface area (Å²) in [6.45, 7) is 13.1. The predicted octanol–water partition coefficient (Wildman–Crippen LogP) is 10.6. The maximum absolute atomic E-state index is 14.1. The van der Waals surface area contributed by atoms with Crippen LogP contribution in [0.2, 0.25) is 0 Å². The molecular weight excluding hydrogens is 1830 g/mol. The molecule has 0 radical (unpaired) electrons. The minimum absolute atomic E-state index is 0. The number of benzene rings is 10. The lowest BCUT2D eigenvalue weighted by Crippen LogP contribution is -2.50. The monoisotopic (exact) mass is 1940 g/mol. The Balaban J connectivity index is 0.000000240. The first-order valence-corrected chi connectivity index (χ1v) is 53.9. The molecule has 0 amide bonds. The average molecular weight is 1940 g/mol. The van der Waals surface area contributed by atoms with Gasteiger partial charge in [-0.25, -0.2) is 76.8 Å². The lowest BCUT2D eigenvalue weighted by molar-refractivity contribution is 0.242. The zero-order valence-electron chi connectivity index (χ0n) is 71.2. The Morgan fingerprint density at radius 1 is 0.228 bits per heavy atom. The van der Waals surface area contributed by atoms with E-state index in [4.69, 9.17) is 8.37 Å². The molecule has 0 spiro atoms. The molecule has 0 unspecified atom stereocenters. The SMILES string of the molecule is C.Cc1ccc(S(=O)(=O)N2CCN(S(=O)(=O)c3ccc(C)cc3)CCN(S(=O)(=O)c3ccc(C)cc3)CCN(S(=O)(=O)c3ccc(C)cc3)CC2)cc1.Cc1ccc(S(=O)(=O)NCCN(CCNS(=O)(=O)c2ccc(C)cc2)S(=O)(=O)c2ccc(C)cc2)cc1.Cc1ccc(S(=O)(=O)OCCN(CCOS(=O)(=O)c2ccc(C)cc2)S(=O)(=O)c2ccc(C)cc2)cc1. The van der Waals surface area contributed by atoms with Gasteiger partial charge in [0.25, 0.3) is 20.2 Å². The fourth-order valence-electron chi connectivity index (χ4n) is 12.4. The second kappa shape index (κ2) is 44.3. The smallest absolute Gasteiger partial charge is 0.265 e. The molecule has 2 N–H and O–H groups in total. The second-order valence-corrected chi connectivity index (χ2v) is 48.3. The van der Waals surface area contributed by atoms with E-state index in [1.165, 1.54) is 121 Å². The van der Waals surface area contributed by atoms with E-state index < -0.39 is 114 Å². The van der Waals surface area contributed by atoms with Crippen molar-refractivity contribution in [2.45, 2.75) is 126 Å². The van der Waals surface area contributed by atoms with Crippen molar-refractivity contribution in [2.75, 3.05) is 105 Å². The van der Waals surface area contributed by atoms with Crippen molar-refractivity contribution >= 4 is 100 Å². The van der Waals surface area contributed by atoms with Crippen molar-refractivity contribution < 1.29 is 92.5 Å². The molecule has 0 aromatic heterocycles. The summed E-state index contributed by atoms with van der Waals surface area (Å²) in [6.07, 6.45) is 0. The van der Waals surface area contributed by atoms with Gasteiger partial charge < -0.3 is 0 Å². The van der Waals surface area contributed by atoms with Crippen LogP contribution in [0.15, 0.2) is 292 Å². The fraction of sp³-hybridized carbons (Fsp3) is 0.310. The first-order valence-electron chi connectivity index (χ1n) is 39.5. The average Bonchev–Trinajstić information content (AvgIpc) is 0.794. The summed E-state index contributed by atoms with van der Waals surface area (Å²) in [4.78, 5) is -0.0847. The summed E-state index contributed by atoms with van der Waals surface area (Å²) in [5.74, 6) is 0. The van der Waals surface area contributed by atoms with Gasteiger partial charge in [0.1, 0.15) is 0 Å². The Morgan fingerprint density at radius 3 is 0.575 bits per heavy atom. The van der Waals surface area contributed by atoms with Crippen molar-refractivity contribution in [1.82, 2.24) is 35.3 Å². The highest BCUT2D eigenvalue weighted by molar-refractivity contribution is 7.91. The van der Waals surface area contributed by atoms with Gasteiger partial charge in [-0.05, 0) is 191 Å². The van der Waals surface area contributed by atoms with Crippen molar-refractivity contribution in [3.05, 3.63) is 298 Å². The molecule has 1 fully saturated rings. The molecule has 0 saturated carbocycles. The zero-order chi connectivity index (χ0) is 92.4. The lowest BCUT2D eigenvalue weighted by Gasteiger charge is -2.33. The molecule has 1 aliphatic rings. The highest BCUT2D eigenvalue weighted by Gasteiger charge is 2.37. The van der Waals surface area contributed by atoms with Gasteiger partial charge >= 0.3 is 0 Å². The number of hydrogen-bond donors (Lipinski definition) is 2. The summed E-state index contributed by atoms with van der Waals surface area (Å²) >= 11 is 0. The van der Waals surface area contributed by atoms with Crippen LogP contribution in [0.5, 0.6) is 0 Å². The highest BCUT2D eigenvalue weighted by atomic mass is 32.2. The van der Waals surface area contributed by atoms with Crippen LogP contribution in [0, 0.1) is 69.2 Å². The Kier molecular flexibility index (Phi) is 36.1. The molecule has 1 saturated heterocycles. The van der Waals surface area contributed by atoms with Gasteiger partial charge in [-0.15, -0.1) is 0 Å². The first-order chi connectivity index (χ1) is 59.0. The summed E-state index contributed by atoms with van der Waals surface area (Å²) < 4.78 is 288. The van der Waals surface area contributed by atoms with E-state index >= 15 is 0 Å². The molecule has 1 aliphatic heterocycles. The molecular formula is C87H108N8O22S10. The van der Waals surface area contributed by atoms with Gasteiger partial charge in [-0.2, -0.15) is 42.7 Å². The third-order valence-corrected chi connectivity index (χ3v) is 37.2. The van der Waals surface area contributed by atoms with Gasteiger partial charge in [0.15, 0.2) is 0 Å². The van der Waals surface area contributed by atoms with Gasteiger partial charge in [-0.3, -0.25) is 8.37 Å². The second-order valence-electron chi connectivity index (χ2n) is 29.9. The van der Waals surface area contributed by atoms with Gasteiger partial charge in [0, 0.05) is 91.6 Å². The molecule has 30 nitrogen and oxygen atoms in total. The molecule has 0 atom stereocenters. The normalized spacial score (nSPS) is 14.5. The quantitative estimate of drug-likeness (QED) is 0.0370. The fourth-order valence-corrected chi connectivity index (χ4v) is 24.8. The van der Waals surface area contributed by atoms with Crippen LogP contribution < -0.4 is 9.44 Å². The highest BCUT2D eigenvalue weighted by Crippen LogP contribution is 2.28. The molecule has 0 bridgehead atoms. The molecule has 11 rings (SSSR count). The summed E-state index contributed by atoms with van der Waals surface area (Å²) in [7, 11) is -41.0. The van der Waals surface area contributed by atoms with Crippen LogP contribution in [0.25, 0.3) is 0 Å². The van der Waals surface area contributed by atoms with Gasteiger partial charge in [0.05, 0.1) is 62.2 Å². The summed E-state index contributed by atoms with van der Waals surface area (Å²) in [5, 5.41) is 0. The molecule has 0 aliphatic carbocycles. The topological polar surface area (TPSA) is 403 Å². The molecule has 1 heterocycles. The number of nitrogens with zero attached hydrogens (tertiary/aromatic N) is 6. The Bertz CT molecular complexity index is 5850. The van der Waals surface area contributed by atoms with Crippen LogP contribution in [-0.4, -0.2) is 215 Å². The standard InChI is InChI=1S/C36H44N4O8S4.C25H31N3O6S3.C25H29NO8S3.CH4/c1-29-5-13-33(14-6-29)49(41,42)37-21-23-38(50(43,44)34-15-7-30(2)8-16-34)25-27-40(52(47,48)36-19-11-32(4)12-20-36)28-26-39(24-22-37)51(45,46)35-17-9-31(3)10-18-35;1-20-4-10-23(11-5-20)35(29,30)26-16-18-28(37(33,34)25-14-8-22(3)9-15-25)19-17-27-36(31,32)24-12-6-21(2)7-13-24;1-20-4-10-23(11-5-20)35(27,28)26(16-18-33-36(29,30)24-12-6-21(2)7-13-24)17-19-34-37(31,32)25-14-8-22(3)9-15-25;/h5-20H,21-28H2,1-4H3;4-15,26-27H,16-19H2,1-3H3;4-15H,16-19H2,1-3H3;1H4. The maximum atomic E-state index is 14.1. The number of hydrogen-bond acceptors (Lipinski definition) is 22. The minimum Gasteiger partial charge on any atom is -0.265 e. The van der Waals surface area contributed by atoms with E-state index in [2.05, 4.69) is 9.44 Å². The van der Waals surface area contributed by atoms with Crippen molar-refractivity contribution in [3.63, 3.8) is 0 Å². The van der Waals surface area contributed by atoms with Gasteiger partial charge in [-0.1, -0.05) is 184 Å². The number of sulfonamides is 8. The Hall–Kier alpha value is -8.70. The van der Waals surface area contributed by atoms with Gasteiger partial charge in [0.2, 0.25) is 80.2 Å². The van der Waals surface area contributed by atoms with E-state index in [0.717, 1.165) is 81.5 Å². The van der Waals surface area contributed by atoms with E-state index in [1.807, 2.05) is 69.2 Å². The van der Waals surface area contributed by atoms with Crippen LogP contribution in [0.1, 0.15) is 63.1 Å². The summed E-state index contributed by atoms with van der Waals surface area (Å²) in [6, 6.07) is 61.8.